The van der Waals surface area contributed by atoms with Crippen LogP contribution >= 0.6 is 0 Å². The van der Waals surface area contributed by atoms with Crippen molar-refractivity contribution in [2.45, 2.75) is 19.9 Å². The second-order valence-corrected chi connectivity index (χ2v) is 6.69. The van der Waals surface area contributed by atoms with E-state index in [1.807, 2.05) is 25.1 Å². The van der Waals surface area contributed by atoms with Crippen LogP contribution in [0.5, 0.6) is 11.5 Å². The minimum atomic E-state index is -0.449. The number of carbonyl (C=O) groups excluding carboxylic acids is 1. The Labute approximate surface area is 169 Å². The Hall–Kier alpha value is -3.29. The average molecular weight is 400 g/mol. The lowest BCUT2D eigenvalue weighted by Gasteiger charge is -2.17. The molecule has 154 valence electrons. The summed E-state index contributed by atoms with van der Waals surface area (Å²) < 4.78 is 23.8. The lowest BCUT2D eigenvalue weighted by Crippen LogP contribution is -2.43. The van der Waals surface area contributed by atoms with Crippen LogP contribution in [0.15, 0.2) is 47.5 Å². The summed E-state index contributed by atoms with van der Waals surface area (Å²) in [6, 6.07) is 11.8. The third kappa shape index (κ3) is 5.84. The van der Waals surface area contributed by atoms with Gasteiger partial charge in [0.25, 0.3) is 0 Å². The van der Waals surface area contributed by atoms with Crippen molar-refractivity contribution in [3.8, 4) is 11.5 Å². The number of carbonyl (C=O) groups is 1. The van der Waals surface area contributed by atoms with Gasteiger partial charge in [-0.05, 0) is 48.7 Å². The molecule has 1 atom stereocenters. The molecule has 0 radical (unpaired) electrons. The van der Waals surface area contributed by atoms with Crippen molar-refractivity contribution in [1.29, 1.82) is 0 Å². The quantitative estimate of drug-likeness (QED) is 0.465. The Kier molecular flexibility index (Phi) is 6.89. The molecule has 1 aliphatic heterocycles. The highest BCUT2D eigenvalue weighted by molar-refractivity contribution is 5.81. The molecule has 1 aliphatic rings. The van der Waals surface area contributed by atoms with Crippen molar-refractivity contribution >= 4 is 11.9 Å². The number of nitrogens with two attached hydrogens (primary N) is 1. The van der Waals surface area contributed by atoms with Crippen molar-refractivity contribution in [3.63, 3.8) is 0 Å². The number of amides is 1. The SMILES string of the molecule is CCNC(=NCc1ccc2c(c1)OCO2)NCC(Cc1ccc(F)cc1)C(N)=O. The Morgan fingerprint density at radius 2 is 1.86 bits per heavy atom. The van der Waals surface area contributed by atoms with E-state index in [4.69, 9.17) is 15.2 Å². The zero-order valence-corrected chi connectivity index (χ0v) is 16.3. The number of rotatable bonds is 8. The number of guanidine groups is 1. The Morgan fingerprint density at radius 1 is 1.14 bits per heavy atom. The molecule has 0 aromatic heterocycles. The number of benzene rings is 2. The van der Waals surface area contributed by atoms with E-state index in [9.17, 15) is 9.18 Å². The van der Waals surface area contributed by atoms with Crippen LogP contribution in [0.1, 0.15) is 18.1 Å². The summed E-state index contributed by atoms with van der Waals surface area (Å²) in [7, 11) is 0. The summed E-state index contributed by atoms with van der Waals surface area (Å²) in [6.45, 7) is 3.62. The maximum atomic E-state index is 13.1. The molecule has 1 unspecified atom stereocenters. The predicted octanol–water partition coefficient (Wildman–Crippen LogP) is 1.95. The van der Waals surface area contributed by atoms with E-state index in [0.717, 1.165) is 16.9 Å². The van der Waals surface area contributed by atoms with Crippen molar-refractivity contribution < 1.29 is 18.7 Å². The molecular formula is C21H25FN4O3. The first-order chi connectivity index (χ1) is 14.0. The zero-order valence-electron chi connectivity index (χ0n) is 16.3. The minimum absolute atomic E-state index is 0.231. The predicted molar refractivity (Wildman–Crippen MR) is 108 cm³/mol. The number of primary amides is 1. The second kappa shape index (κ2) is 9.77. The molecule has 4 N–H and O–H groups in total. The van der Waals surface area contributed by atoms with Crippen LogP contribution in [-0.2, 0) is 17.8 Å². The van der Waals surface area contributed by atoms with Crippen molar-refractivity contribution in [2.75, 3.05) is 19.9 Å². The molecule has 1 heterocycles. The summed E-state index contributed by atoms with van der Waals surface area (Å²) in [5, 5.41) is 6.32. The first-order valence-electron chi connectivity index (χ1n) is 9.49. The molecule has 7 nitrogen and oxygen atoms in total. The van der Waals surface area contributed by atoms with Gasteiger partial charge in [-0.2, -0.15) is 0 Å². The lowest BCUT2D eigenvalue weighted by atomic mass is 9.98. The van der Waals surface area contributed by atoms with Gasteiger partial charge in [-0.3, -0.25) is 4.79 Å². The van der Waals surface area contributed by atoms with Gasteiger partial charge in [0.15, 0.2) is 17.5 Å². The Balaban J connectivity index is 1.61. The van der Waals surface area contributed by atoms with E-state index in [1.54, 1.807) is 12.1 Å². The normalized spacial score (nSPS) is 13.8. The maximum absolute atomic E-state index is 13.1. The van der Waals surface area contributed by atoms with Crippen LogP contribution in [0.2, 0.25) is 0 Å². The van der Waals surface area contributed by atoms with Crippen LogP contribution < -0.4 is 25.8 Å². The van der Waals surface area contributed by atoms with E-state index in [1.165, 1.54) is 12.1 Å². The van der Waals surface area contributed by atoms with Crippen LogP contribution in [0.25, 0.3) is 0 Å². The molecule has 0 saturated carbocycles. The van der Waals surface area contributed by atoms with Crippen LogP contribution in [0.3, 0.4) is 0 Å². The van der Waals surface area contributed by atoms with E-state index < -0.39 is 11.8 Å². The van der Waals surface area contributed by atoms with E-state index in [2.05, 4.69) is 15.6 Å². The summed E-state index contributed by atoms with van der Waals surface area (Å²) >= 11 is 0. The minimum Gasteiger partial charge on any atom is -0.454 e. The number of fused-ring (bicyclic) bond motifs is 1. The highest BCUT2D eigenvalue weighted by Crippen LogP contribution is 2.32. The molecule has 2 aromatic rings. The Bertz CT molecular complexity index is 871. The third-order valence-corrected chi connectivity index (χ3v) is 4.51. The number of halogens is 1. The van der Waals surface area contributed by atoms with Gasteiger partial charge >= 0.3 is 0 Å². The number of aliphatic imine (C=N–C) groups is 1. The second-order valence-electron chi connectivity index (χ2n) is 6.69. The van der Waals surface area contributed by atoms with Crippen LogP contribution in [-0.4, -0.2) is 31.7 Å². The number of ether oxygens (including phenoxy) is 2. The van der Waals surface area contributed by atoms with E-state index >= 15 is 0 Å². The summed E-state index contributed by atoms with van der Waals surface area (Å²) in [6.07, 6.45) is 0.421. The van der Waals surface area contributed by atoms with Gasteiger partial charge in [0.2, 0.25) is 12.7 Å². The molecule has 0 spiro atoms. The van der Waals surface area contributed by atoms with Crippen LogP contribution in [0, 0.1) is 11.7 Å². The van der Waals surface area contributed by atoms with Crippen molar-refractivity contribution in [3.05, 3.63) is 59.4 Å². The fourth-order valence-corrected chi connectivity index (χ4v) is 2.95. The van der Waals surface area contributed by atoms with Crippen molar-refractivity contribution in [2.24, 2.45) is 16.6 Å². The summed E-state index contributed by atoms with van der Waals surface area (Å²) in [5.74, 6) is 0.836. The standard InChI is InChI=1S/C21H25FN4O3/c1-2-24-21(25-11-15-5-8-18-19(10-15)29-13-28-18)26-12-16(20(23)27)9-14-3-6-17(22)7-4-14/h3-8,10,16H,2,9,11-13H2,1H3,(H2,23,27)(H2,24,25,26). The molecular weight excluding hydrogens is 375 g/mol. The lowest BCUT2D eigenvalue weighted by molar-refractivity contribution is -0.121. The Morgan fingerprint density at radius 3 is 2.59 bits per heavy atom. The number of nitrogens with one attached hydrogen (secondary N) is 2. The number of hydrogen-bond donors (Lipinski definition) is 3. The van der Waals surface area contributed by atoms with Crippen molar-refractivity contribution in [1.82, 2.24) is 10.6 Å². The zero-order chi connectivity index (χ0) is 20.6. The van der Waals surface area contributed by atoms with E-state index in [0.29, 0.717) is 37.8 Å². The van der Waals surface area contributed by atoms with Gasteiger partial charge < -0.3 is 25.8 Å². The monoisotopic (exact) mass is 400 g/mol. The molecule has 0 saturated heterocycles. The first kappa shape index (κ1) is 20.4. The molecule has 3 rings (SSSR count). The van der Waals surface area contributed by atoms with E-state index in [-0.39, 0.29) is 12.6 Å². The number of hydrogen-bond acceptors (Lipinski definition) is 4. The topological polar surface area (TPSA) is 98.0 Å². The van der Waals surface area contributed by atoms with Gasteiger partial charge in [-0.25, -0.2) is 9.38 Å². The highest BCUT2D eigenvalue weighted by Gasteiger charge is 2.17. The van der Waals surface area contributed by atoms with Gasteiger partial charge in [0.1, 0.15) is 5.82 Å². The van der Waals surface area contributed by atoms with Gasteiger partial charge in [0.05, 0.1) is 12.5 Å². The number of nitrogens with zero attached hydrogens (tertiary/aromatic N) is 1. The third-order valence-electron chi connectivity index (χ3n) is 4.51. The molecule has 2 aromatic carbocycles. The molecule has 0 aliphatic carbocycles. The molecule has 1 amide bonds. The fourth-order valence-electron chi connectivity index (χ4n) is 2.95. The average Bonchev–Trinajstić information content (AvgIpc) is 3.18. The smallest absolute Gasteiger partial charge is 0.231 e. The molecule has 8 heteroatoms. The maximum Gasteiger partial charge on any atom is 0.231 e. The van der Waals surface area contributed by atoms with Crippen LogP contribution in [0.4, 0.5) is 4.39 Å². The first-order valence-corrected chi connectivity index (χ1v) is 9.49. The largest absolute Gasteiger partial charge is 0.454 e. The molecule has 0 bridgehead atoms. The summed E-state index contributed by atoms with van der Waals surface area (Å²) in [5.41, 5.74) is 7.38. The fraction of sp³-hybridized carbons (Fsp3) is 0.333. The summed E-state index contributed by atoms with van der Waals surface area (Å²) in [4.78, 5) is 16.4. The molecule has 29 heavy (non-hydrogen) atoms. The van der Waals surface area contributed by atoms with Gasteiger partial charge in [-0.1, -0.05) is 18.2 Å². The van der Waals surface area contributed by atoms with Gasteiger partial charge in [0, 0.05) is 13.1 Å². The molecule has 0 fully saturated rings. The highest BCUT2D eigenvalue weighted by atomic mass is 19.1. The van der Waals surface area contributed by atoms with Gasteiger partial charge in [-0.15, -0.1) is 0 Å².